The molecule has 1 saturated heterocycles. The number of sulfonamides is 1. The van der Waals surface area contributed by atoms with Gasteiger partial charge < -0.3 is 4.74 Å². The first-order chi connectivity index (χ1) is 11.6. The second-order valence-corrected chi connectivity index (χ2v) is 7.62. The summed E-state index contributed by atoms with van der Waals surface area (Å²) in [5.41, 5.74) is 2.02. The monoisotopic (exact) mass is 343 g/mol. The van der Waals surface area contributed by atoms with Crippen LogP contribution in [-0.4, -0.2) is 38.5 Å². The molecule has 1 aliphatic rings. The van der Waals surface area contributed by atoms with Gasteiger partial charge in [0.2, 0.25) is 10.0 Å². The average molecular weight is 343 g/mol. The molecule has 0 bridgehead atoms. The van der Waals surface area contributed by atoms with E-state index in [9.17, 15) is 8.42 Å². The first kappa shape index (κ1) is 16.9. The number of benzene rings is 2. The Kier molecular flexibility index (Phi) is 5.45. The maximum Gasteiger partial charge on any atom is 0.236 e. The summed E-state index contributed by atoms with van der Waals surface area (Å²) in [6.45, 7) is 1.21. The summed E-state index contributed by atoms with van der Waals surface area (Å²) in [4.78, 5) is 0. The first-order valence-corrected chi connectivity index (χ1v) is 9.53. The normalized spacial score (nSPS) is 19.6. The van der Waals surface area contributed by atoms with Crippen LogP contribution in [0.25, 0.3) is 6.08 Å². The predicted octanol–water partition coefficient (Wildman–Crippen LogP) is 2.93. The van der Waals surface area contributed by atoms with Crippen LogP contribution in [0.1, 0.15) is 11.1 Å². The zero-order valence-electron chi connectivity index (χ0n) is 13.4. The van der Waals surface area contributed by atoms with Crippen molar-refractivity contribution < 1.29 is 13.2 Å². The fourth-order valence-electron chi connectivity index (χ4n) is 2.74. The standard InChI is InChI=1S/C19H21NO3S/c21-24(22,14-11-17-7-3-1-4-8-17)20-12-13-23-19(16-20)15-18-9-5-2-6-10-18/h1-11,14,19H,12-13,15-16H2/b14-11+/t19-/m1/s1. The van der Waals surface area contributed by atoms with Gasteiger partial charge in [-0.15, -0.1) is 0 Å². The number of rotatable bonds is 5. The highest BCUT2D eigenvalue weighted by Crippen LogP contribution is 2.16. The molecule has 0 unspecified atom stereocenters. The minimum Gasteiger partial charge on any atom is -0.375 e. The van der Waals surface area contributed by atoms with Gasteiger partial charge in [-0.25, -0.2) is 8.42 Å². The highest BCUT2D eigenvalue weighted by atomic mass is 32.2. The molecular weight excluding hydrogens is 322 g/mol. The van der Waals surface area contributed by atoms with Crippen molar-refractivity contribution in [2.75, 3.05) is 19.7 Å². The van der Waals surface area contributed by atoms with Gasteiger partial charge in [0.25, 0.3) is 0 Å². The van der Waals surface area contributed by atoms with E-state index in [2.05, 4.69) is 0 Å². The second-order valence-electron chi connectivity index (χ2n) is 5.80. The Balaban J connectivity index is 1.66. The number of morpholine rings is 1. The quantitative estimate of drug-likeness (QED) is 0.839. The molecular formula is C19H21NO3S. The summed E-state index contributed by atoms with van der Waals surface area (Å²) in [7, 11) is -3.43. The van der Waals surface area contributed by atoms with Crippen molar-refractivity contribution in [3.8, 4) is 0 Å². The lowest BCUT2D eigenvalue weighted by atomic mass is 10.1. The molecule has 0 aliphatic carbocycles. The number of hydrogen-bond donors (Lipinski definition) is 0. The highest BCUT2D eigenvalue weighted by molar-refractivity contribution is 7.92. The van der Waals surface area contributed by atoms with Gasteiger partial charge in [-0.3, -0.25) is 0 Å². The average Bonchev–Trinajstić information content (AvgIpc) is 2.62. The fourth-order valence-corrected chi connectivity index (χ4v) is 3.94. The zero-order valence-corrected chi connectivity index (χ0v) is 14.2. The van der Waals surface area contributed by atoms with Gasteiger partial charge in [-0.05, 0) is 23.6 Å². The largest absolute Gasteiger partial charge is 0.375 e. The van der Waals surface area contributed by atoms with Gasteiger partial charge in [-0.1, -0.05) is 60.7 Å². The van der Waals surface area contributed by atoms with Crippen molar-refractivity contribution in [1.29, 1.82) is 0 Å². The van der Waals surface area contributed by atoms with Crippen molar-refractivity contribution in [2.24, 2.45) is 0 Å². The smallest absolute Gasteiger partial charge is 0.236 e. The summed E-state index contributed by atoms with van der Waals surface area (Å²) in [6.07, 6.45) is 2.24. The minimum absolute atomic E-state index is 0.110. The maximum absolute atomic E-state index is 12.5. The SMILES string of the molecule is O=S(=O)(/C=C/c1ccccc1)N1CCO[C@H](Cc2ccccc2)C1. The van der Waals surface area contributed by atoms with E-state index in [0.717, 1.165) is 17.5 Å². The minimum atomic E-state index is -3.43. The van der Waals surface area contributed by atoms with Crippen LogP contribution < -0.4 is 0 Å². The molecule has 2 aromatic rings. The summed E-state index contributed by atoms with van der Waals surface area (Å²) < 4.78 is 32.3. The number of nitrogens with zero attached hydrogens (tertiary/aromatic N) is 1. The van der Waals surface area contributed by atoms with Crippen LogP contribution in [0.3, 0.4) is 0 Å². The topological polar surface area (TPSA) is 46.6 Å². The zero-order chi connectivity index (χ0) is 16.8. The van der Waals surface area contributed by atoms with Crippen molar-refractivity contribution in [3.63, 3.8) is 0 Å². The van der Waals surface area contributed by atoms with Crippen LogP contribution in [0.5, 0.6) is 0 Å². The Morgan fingerprint density at radius 3 is 2.42 bits per heavy atom. The lowest BCUT2D eigenvalue weighted by molar-refractivity contribution is -0.000113. The maximum atomic E-state index is 12.5. The van der Waals surface area contributed by atoms with Crippen LogP contribution in [0, 0.1) is 0 Å². The molecule has 5 heteroatoms. The molecule has 0 spiro atoms. The fraction of sp³-hybridized carbons (Fsp3) is 0.263. The van der Waals surface area contributed by atoms with E-state index in [1.807, 2.05) is 60.7 Å². The van der Waals surface area contributed by atoms with Crippen LogP contribution in [-0.2, 0) is 21.2 Å². The van der Waals surface area contributed by atoms with E-state index in [1.165, 1.54) is 9.71 Å². The third kappa shape index (κ3) is 4.54. The summed E-state index contributed by atoms with van der Waals surface area (Å²) in [6, 6.07) is 19.4. The van der Waals surface area contributed by atoms with Crippen molar-refractivity contribution in [3.05, 3.63) is 77.2 Å². The van der Waals surface area contributed by atoms with Crippen LogP contribution in [0.15, 0.2) is 66.1 Å². The molecule has 4 nitrogen and oxygen atoms in total. The molecule has 0 radical (unpaired) electrons. The molecule has 0 N–H and O–H groups in total. The summed E-state index contributed by atoms with van der Waals surface area (Å²) in [5.74, 6) is 0. The van der Waals surface area contributed by atoms with E-state index in [4.69, 9.17) is 4.74 Å². The van der Waals surface area contributed by atoms with Gasteiger partial charge in [0.05, 0.1) is 12.7 Å². The van der Waals surface area contributed by atoms with Crippen LogP contribution >= 0.6 is 0 Å². The van der Waals surface area contributed by atoms with E-state index in [1.54, 1.807) is 6.08 Å². The molecule has 3 rings (SSSR count). The van der Waals surface area contributed by atoms with Crippen molar-refractivity contribution in [1.82, 2.24) is 4.31 Å². The second kappa shape index (κ2) is 7.75. The van der Waals surface area contributed by atoms with Crippen molar-refractivity contribution in [2.45, 2.75) is 12.5 Å². The Morgan fingerprint density at radius 1 is 1.04 bits per heavy atom. The van der Waals surface area contributed by atoms with Gasteiger partial charge in [-0.2, -0.15) is 4.31 Å². The molecule has 0 saturated carbocycles. The molecule has 0 amide bonds. The Bertz CT molecular complexity index is 773. The van der Waals surface area contributed by atoms with E-state index in [-0.39, 0.29) is 6.10 Å². The van der Waals surface area contributed by atoms with Crippen LogP contribution in [0.2, 0.25) is 0 Å². The Morgan fingerprint density at radius 2 is 1.71 bits per heavy atom. The lowest BCUT2D eigenvalue weighted by Crippen LogP contribution is -2.45. The third-order valence-electron chi connectivity index (χ3n) is 4.00. The summed E-state index contributed by atoms with van der Waals surface area (Å²) >= 11 is 0. The van der Waals surface area contributed by atoms with Gasteiger partial charge in [0.15, 0.2) is 0 Å². The molecule has 1 heterocycles. The first-order valence-electron chi connectivity index (χ1n) is 8.02. The molecule has 1 aliphatic heterocycles. The Labute approximate surface area is 143 Å². The van der Waals surface area contributed by atoms with E-state index in [0.29, 0.717) is 19.7 Å². The number of ether oxygens (including phenoxy) is 1. The third-order valence-corrected chi connectivity index (χ3v) is 5.53. The molecule has 1 atom stereocenters. The highest BCUT2D eigenvalue weighted by Gasteiger charge is 2.27. The summed E-state index contributed by atoms with van der Waals surface area (Å²) in [5, 5.41) is 1.28. The van der Waals surface area contributed by atoms with Crippen molar-refractivity contribution >= 4 is 16.1 Å². The van der Waals surface area contributed by atoms with Crippen LogP contribution in [0.4, 0.5) is 0 Å². The lowest BCUT2D eigenvalue weighted by Gasteiger charge is -2.31. The number of hydrogen-bond acceptors (Lipinski definition) is 3. The van der Waals surface area contributed by atoms with E-state index < -0.39 is 10.0 Å². The van der Waals surface area contributed by atoms with E-state index >= 15 is 0 Å². The van der Waals surface area contributed by atoms with Gasteiger partial charge >= 0.3 is 0 Å². The molecule has 0 aromatic heterocycles. The molecule has 2 aromatic carbocycles. The van der Waals surface area contributed by atoms with Gasteiger partial charge in [0.1, 0.15) is 0 Å². The molecule has 24 heavy (non-hydrogen) atoms. The molecule has 1 fully saturated rings. The van der Waals surface area contributed by atoms with Gasteiger partial charge in [0, 0.05) is 18.5 Å². The predicted molar refractivity (Wildman–Crippen MR) is 95.9 cm³/mol. The molecule has 126 valence electrons. The Hall–Kier alpha value is -1.95.